The molecule has 2 aliphatic rings. The fourth-order valence-corrected chi connectivity index (χ4v) is 5.30. The molecule has 42 heavy (non-hydrogen) atoms. The fraction of sp³-hybridized carbons (Fsp3) is 0.357. The number of likely N-dealkylation sites (tertiary alicyclic amines) is 1. The van der Waals surface area contributed by atoms with Crippen LogP contribution in [-0.4, -0.2) is 88.0 Å². The van der Waals surface area contributed by atoms with E-state index in [9.17, 15) is 14.0 Å². The van der Waals surface area contributed by atoms with Gasteiger partial charge in [-0.15, -0.1) is 0 Å². The van der Waals surface area contributed by atoms with Crippen molar-refractivity contribution < 1.29 is 23.1 Å². The predicted octanol–water partition coefficient (Wildman–Crippen LogP) is 3.23. The van der Waals surface area contributed by atoms with Crippen molar-refractivity contribution in [2.45, 2.75) is 18.9 Å². The maximum atomic E-state index is 15.4. The van der Waals surface area contributed by atoms with E-state index in [4.69, 9.17) is 4.74 Å². The summed E-state index contributed by atoms with van der Waals surface area (Å²) in [4.78, 5) is 41.8. The number of nitrogens with one attached hydrogen (secondary N) is 2. The number of pyridine rings is 1. The number of ether oxygens (including phenoxy) is 1. The van der Waals surface area contributed by atoms with Crippen molar-refractivity contribution in [3.63, 3.8) is 0 Å². The quantitative estimate of drug-likeness (QED) is 0.370. The zero-order valence-electron chi connectivity index (χ0n) is 22.9. The third kappa shape index (κ3) is 5.32. The van der Waals surface area contributed by atoms with Gasteiger partial charge in [0.15, 0.2) is 11.5 Å². The summed E-state index contributed by atoms with van der Waals surface area (Å²) in [6.45, 7) is 3.18. The van der Waals surface area contributed by atoms with Crippen LogP contribution in [0.2, 0.25) is 0 Å². The maximum Gasteiger partial charge on any atom is 0.319 e. The van der Waals surface area contributed by atoms with Crippen LogP contribution in [0.25, 0.3) is 22.4 Å². The molecule has 0 atom stereocenters. The van der Waals surface area contributed by atoms with Crippen molar-refractivity contribution in [1.29, 1.82) is 0 Å². The first-order chi connectivity index (χ1) is 20.4. The Kier molecular flexibility index (Phi) is 7.61. The Morgan fingerprint density at radius 1 is 1.02 bits per heavy atom. The van der Waals surface area contributed by atoms with Crippen LogP contribution in [0, 0.1) is 11.6 Å². The Morgan fingerprint density at radius 2 is 1.81 bits per heavy atom. The van der Waals surface area contributed by atoms with Crippen LogP contribution in [0.1, 0.15) is 29.2 Å². The summed E-state index contributed by atoms with van der Waals surface area (Å²) >= 11 is 0. The average molecular weight is 578 g/mol. The minimum Gasteiger partial charge on any atom is -0.378 e. The maximum absolute atomic E-state index is 15.4. The van der Waals surface area contributed by atoms with E-state index in [1.165, 1.54) is 7.05 Å². The molecule has 2 saturated heterocycles. The van der Waals surface area contributed by atoms with Gasteiger partial charge in [-0.1, -0.05) is 0 Å². The van der Waals surface area contributed by atoms with Gasteiger partial charge >= 0.3 is 6.03 Å². The van der Waals surface area contributed by atoms with Crippen molar-refractivity contribution in [2.24, 2.45) is 0 Å². The standard InChI is InChI=1S/C28H29F2N9O3/c1-31-28(41)34-23-14-21(29)19(13-22(23)30)24-35-25(37-9-11-42-12-10-37)20-16-33-39(26(20)36-24)18-4-7-38(8-5-18)27(40)17-3-2-6-32-15-17/h2-3,6,13-16,18H,4-5,7-12H2,1H3,(H2,31,34,41). The Morgan fingerprint density at radius 3 is 2.52 bits per heavy atom. The largest absolute Gasteiger partial charge is 0.378 e. The first-order valence-electron chi connectivity index (χ1n) is 13.7. The summed E-state index contributed by atoms with van der Waals surface area (Å²) in [5, 5.41) is 9.92. The molecule has 0 radical (unpaired) electrons. The summed E-state index contributed by atoms with van der Waals surface area (Å²) in [7, 11) is 1.37. The van der Waals surface area contributed by atoms with Gasteiger partial charge in [-0.3, -0.25) is 9.78 Å². The topological polar surface area (TPSA) is 130 Å². The van der Waals surface area contributed by atoms with Crippen LogP contribution in [0.3, 0.4) is 0 Å². The second kappa shape index (κ2) is 11.6. The number of halogens is 2. The van der Waals surface area contributed by atoms with Crippen LogP contribution in [-0.2, 0) is 4.74 Å². The molecule has 2 aliphatic heterocycles. The third-order valence-electron chi connectivity index (χ3n) is 7.52. The van der Waals surface area contributed by atoms with Crippen molar-refractivity contribution >= 4 is 34.5 Å². The Balaban J connectivity index is 1.35. The van der Waals surface area contributed by atoms with E-state index in [0.717, 1.165) is 12.1 Å². The Bertz CT molecular complexity index is 1620. The molecular weight excluding hydrogens is 548 g/mol. The van der Waals surface area contributed by atoms with E-state index in [0.29, 0.717) is 74.6 Å². The van der Waals surface area contributed by atoms with Gasteiger partial charge in [0.1, 0.15) is 17.5 Å². The molecule has 0 saturated carbocycles. The van der Waals surface area contributed by atoms with Crippen molar-refractivity contribution in [1.82, 2.24) is 34.9 Å². The van der Waals surface area contributed by atoms with E-state index >= 15 is 4.39 Å². The monoisotopic (exact) mass is 577 g/mol. The lowest BCUT2D eigenvalue weighted by atomic mass is 10.0. The lowest BCUT2D eigenvalue weighted by molar-refractivity contribution is 0.0691. The first kappa shape index (κ1) is 27.4. The van der Waals surface area contributed by atoms with Gasteiger partial charge in [-0.2, -0.15) is 5.10 Å². The van der Waals surface area contributed by atoms with Gasteiger partial charge < -0.3 is 25.2 Å². The van der Waals surface area contributed by atoms with E-state index in [1.807, 2.05) is 4.90 Å². The number of benzene rings is 1. The number of carbonyl (C=O) groups is 2. The zero-order valence-corrected chi connectivity index (χ0v) is 22.9. The molecule has 12 nitrogen and oxygen atoms in total. The zero-order chi connectivity index (χ0) is 29.2. The SMILES string of the molecule is CNC(=O)Nc1cc(F)c(-c2nc(N3CCOCC3)c3cnn(C4CCN(C(=O)c5cccnc5)CC4)c3n2)cc1F. The molecule has 218 valence electrons. The van der Waals surface area contributed by atoms with Gasteiger partial charge in [-0.05, 0) is 31.0 Å². The van der Waals surface area contributed by atoms with Gasteiger partial charge in [0.2, 0.25) is 0 Å². The highest BCUT2D eigenvalue weighted by Gasteiger charge is 2.29. The molecule has 0 unspecified atom stereocenters. The van der Waals surface area contributed by atoms with Crippen LogP contribution in [0.15, 0.2) is 42.9 Å². The van der Waals surface area contributed by atoms with Crippen LogP contribution in [0.4, 0.5) is 25.1 Å². The lowest BCUT2D eigenvalue weighted by Crippen LogP contribution is -2.39. The number of amides is 3. The first-order valence-corrected chi connectivity index (χ1v) is 13.7. The molecule has 0 spiro atoms. The van der Waals surface area contributed by atoms with Crippen molar-refractivity contribution in [3.05, 3.63) is 60.1 Å². The van der Waals surface area contributed by atoms with E-state index in [2.05, 4.69) is 30.7 Å². The number of morpholine rings is 1. The Labute approximate surface area is 239 Å². The molecule has 0 aliphatic carbocycles. The number of hydrogen-bond acceptors (Lipinski definition) is 8. The number of fused-ring (bicyclic) bond motifs is 1. The van der Waals surface area contributed by atoms with E-state index in [-0.39, 0.29) is 29.0 Å². The van der Waals surface area contributed by atoms with Gasteiger partial charge in [0.25, 0.3) is 5.91 Å². The fourth-order valence-electron chi connectivity index (χ4n) is 5.30. The molecule has 4 aromatic rings. The molecular formula is C28H29F2N9O3. The number of carbonyl (C=O) groups excluding carboxylic acids is 2. The summed E-state index contributed by atoms with van der Waals surface area (Å²) in [5.74, 6) is -1.13. The molecule has 3 amide bonds. The highest BCUT2D eigenvalue weighted by molar-refractivity contribution is 5.94. The number of nitrogens with zero attached hydrogens (tertiary/aromatic N) is 7. The molecule has 2 fully saturated rings. The second-order valence-electron chi connectivity index (χ2n) is 10.1. The molecule has 5 heterocycles. The van der Waals surface area contributed by atoms with Crippen molar-refractivity contribution in [2.75, 3.05) is 56.7 Å². The number of anilines is 2. The average Bonchev–Trinajstić information content (AvgIpc) is 3.46. The number of aromatic nitrogens is 5. The van der Waals surface area contributed by atoms with Gasteiger partial charge in [-0.25, -0.2) is 28.2 Å². The summed E-state index contributed by atoms with van der Waals surface area (Å²) < 4.78 is 37.6. The number of urea groups is 1. The van der Waals surface area contributed by atoms with Crippen molar-refractivity contribution in [3.8, 4) is 11.4 Å². The minimum atomic E-state index is -0.828. The van der Waals surface area contributed by atoms with E-state index < -0.39 is 17.7 Å². The normalized spacial score (nSPS) is 16.1. The minimum absolute atomic E-state index is 0.00201. The second-order valence-corrected chi connectivity index (χ2v) is 10.1. The number of rotatable bonds is 5. The highest BCUT2D eigenvalue weighted by Crippen LogP contribution is 2.34. The van der Waals surface area contributed by atoms with Gasteiger partial charge in [0, 0.05) is 51.7 Å². The number of hydrogen-bond donors (Lipinski definition) is 2. The highest BCUT2D eigenvalue weighted by atomic mass is 19.1. The lowest BCUT2D eigenvalue weighted by Gasteiger charge is -2.32. The van der Waals surface area contributed by atoms with Crippen LogP contribution in [0.5, 0.6) is 0 Å². The summed E-state index contributed by atoms with van der Waals surface area (Å²) in [6.07, 6.45) is 6.16. The smallest absolute Gasteiger partial charge is 0.319 e. The van der Waals surface area contributed by atoms with Crippen LogP contribution < -0.4 is 15.5 Å². The van der Waals surface area contributed by atoms with Gasteiger partial charge in [0.05, 0.1) is 47.7 Å². The molecule has 3 aromatic heterocycles. The molecule has 14 heteroatoms. The summed E-state index contributed by atoms with van der Waals surface area (Å²) in [6, 6.07) is 4.63. The molecule has 0 bridgehead atoms. The Hall–Kier alpha value is -4.72. The predicted molar refractivity (Wildman–Crippen MR) is 150 cm³/mol. The van der Waals surface area contributed by atoms with E-state index in [1.54, 1.807) is 40.3 Å². The van der Waals surface area contributed by atoms with Crippen LogP contribution >= 0.6 is 0 Å². The summed E-state index contributed by atoms with van der Waals surface area (Å²) in [5.41, 5.74) is 0.587. The molecule has 6 rings (SSSR count). The third-order valence-corrected chi connectivity index (χ3v) is 7.52. The molecule has 1 aromatic carbocycles. The molecule has 2 N–H and O–H groups in total. The number of piperidine rings is 1.